The van der Waals surface area contributed by atoms with Crippen LogP contribution in [0.5, 0.6) is 0 Å². The number of rotatable bonds is 4. The second-order valence-electron chi connectivity index (χ2n) is 5.20. The van der Waals surface area contributed by atoms with Crippen LogP contribution in [-0.2, 0) is 14.9 Å². The summed E-state index contributed by atoms with van der Waals surface area (Å²) >= 11 is 0. The maximum Gasteiger partial charge on any atom is 0.276 e. The van der Waals surface area contributed by atoms with Crippen molar-refractivity contribution in [2.24, 2.45) is 10.6 Å². The van der Waals surface area contributed by atoms with Gasteiger partial charge in [0.15, 0.2) is 0 Å². The largest absolute Gasteiger partial charge is 0.378 e. The van der Waals surface area contributed by atoms with Crippen LogP contribution in [0.2, 0.25) is 0 Å². The molecule has 0 aliphatic heterocycles. The van der Waals surface area contributed by atoms with Crippen LogP contribution in [0.15, 0.2) is 0 Å². The molecule has 17 heavy (non-hydrogen) atoms. The second kappa shape index (κ2) is 4.50. The van der Waals surface area contributed by atoms with Gasteiger partial charge in [0, 0.05) is 25.1 Å². The van der Waals surface area contributed by atoms with E-state index in [-0.39, 0.29) is 17.6 Å². The minimum absolute atomic E-state index is 0.0246. The van der Waals surface area contributed by atoms with Crippen molar-refractivity contribution >= 4 is 10.2 Å². The Labute approximate surface area is 103 Å². The number of nitrogens with two attached hydrogens (primary N) is 1. The summed E-state index contributed by atoms with van der Waals surface area (Å²) in [6.07, 6.45) is 5.44. The molecule has 0 amide bonds. The lowest BCUT2D eigenvalue weighted by atomic mass is 9.60. The molecule has 0 aromatic rings. The summed E-state index contributed by atoms with van der Waals surface area (Å²) in [5, 5.41) is 5.22. The Kier molecular flexibility index (Phi) is 3.51. The Hall–Kier alpha value is -0.170. The summed E-state index contributed by atoms with van der Waals surface area (Å²) in [6, 6.07) is 0.0246. The third kappa shape index (κ3) is 2.12. The monoisotopic (exact) mass is 262 g/mol. The quantitative estimate of drug-likeness (QED) is 0.816. The lowest BCUT2D eigenvalue weighted by Gasteiger charge is -2.56. The van der Waals surface area contributed by atoms with Gasteiger partial charge in [0.1, 0.15) is 0 Å². The van der Waals surface area contributed by atoms with Crippen molar-refractivity contribution in [1.29, 1.82) is 0 Å². The zero-order chi connectivity index (χ0) is 12.7. The summed E-state index contributed by atoms with van der Waals surface area (Å²) in [4.78, 5) is 0. The van der Waals surface area contributed by atoms with Gasteiger partial charge in [-0.05, 0) is 26.2 Å². The Morgan fingerprint density at radius 3 is 2.47 bits per heavy atom. The molecule has 2 fully saturated rings. The maximum atomic E-state index is 11.4. The molecular formula is C11H22N2O3S. The zero-order valence-corrected chi connectivity index (χ0v) is 11.4. The molecule has 100 valence electrons. The van der Waals surface area contributed by atoms with Crippen LogP contribution in [0, 0.1) is 5.41 Å². The van der Waals surface area contributed by atoms with Crippen LogP contribution >= 0.6 is 0 Å². The highest BCUT2D eigenvalue weighted by atomic mass is 32.2. The smallest absolute Gasteiger partial charge is 0.276 e. The fraction of sp³-hybridized carbons (Fsp3) is 1.00. The van der Waals surface area contributed by atoms with Gasteiger partial charge in [-0.2, -0.15) is 12.7 Å². The van der Waals surface area contributed by atoms with Crippen LogP contribution in [0.4, 0.5) is 0 Å². The molecule has 2 atom stereocenters. The van der Waals surface area contributed by atoms with Gasteiger partial charge in [0.05, 0.1) is 6.10 Å². The van der Waals surface area contributed by atoms with Crippen molar-refractivity contribution in [3.8, 4) is 0 Å². The van der Waals surface area contributed by atoms with E-state index in [2.05, 4.69) is 0 Å². The Balaban J connectivity index is 2.16. The second-order valence-corrected chi connectivity index (χ2v) is 6.80. The molecule has 2 saturated carbocycles. The van der Waals surface area contributed by atoms with Gasteiger partial charge in [-0.3, -0.25) is 0 Å². The lowest BCUT2D eigenvalue weighted by molar-refractivity contribution is -0.145. The first kappa shape index (κ1) is 13.3. The fourth-order valence-electron chi connectivity index (χ4n) is 3.54. The van der Waals surface area contributed by atoms with Crippen LogP contribution in [0.1, 0.15) is 39.0 Å². The molecule has 2 aliphatic carbocycles. The normalized spacial score (nSPS) is 32.0. The summed E-state index contributed by atoms with van der Waals surface area (Å²) in [7, 11) is -2.00. The molecule has 2 aliphatic rings. The molecule has 5 nitrogen and oxygen atoms in total. The summed E-state index contributed by atoms with van der Waals surface area (Å²) < 4.78 is 30.0. The minimum atomic E-state index is -3.59. The first-order valence-corrected chi connectivity index (χ1v) is 7.79. The predicted octanol–water partition coefficient (Wildman–Crippen LogP) is 0.859. The van der Waals surface area contributed by atoms with E-state index in [0.717, 1.165) is 19.3 Å². The molecule has 0 heterocycles. The van der Waals surface area contributed by atoms with Crippen molar-refractivity contribution in [3.63, 3.8) is 0 Å². The number of nitrogens with zero attached hydrogens (tertiary/aromatic N) is 1. The number of ether oxygens (including phenoxy) is 1. The number of hydrogen-bond donors (Lipinski definition) is 1. The maximum absolute atomic E-state index is 11.4. The van der Waals surface area contributed by atoms with E-state index in [1.54, 1.807) is 7.05 Å². The Morgan fingerprint density at radius 1 is 1.41 bits per heavy atom. The van der Waals surface area contributed by atoms with Crippen LogP contribution < -0.4 is 5.14 Å². The molecule has 0 aromatic heterocycles. The molecule has 0 radical (unpaired) electrons. The van der Waals surface area contributed by atoms with Gasteiger partial charge in [0.25, 0.3) is 10.2 Å². The highest BCUT2D eigenvalue weighted by molar-refractivity contribution is 7.86. The highest BCUT2D eigenvalue weighted by Crippen LogP contribution is 2.56. The van der Waals surface area contributed by atoms with Crippen molar-refractivity contribution in [2.75, 3.05) is 13.7 Å². The highest BCUT2D eigenvalue weighted by Gasteiger charge is 2.59. The molecule has 1 spiro atoms. The standard InChI is InChI=1S/C11H22N2O3S/c1-3-16-10-8-9(13(2)17(12,14)15)11(10)6-4-5-7-11/h9-10H,3-8H2,1-2H3,(H2,12,14,15). The molecule has 0 bridgehead atoms. The Morgan fingerprint density at radius 2 is 2.00 bits per heavy atom. The van der Waals surface area contributed by atoms with E-state index in [1.807, 2.05) is 6.92 Å². The van der Waals surface area contributed by atoms with Gasteiger partial charge in [-0.1, -0.05) is 12.8 Å². The fourth-order valence-corrected chi connectivity index (χ4v) is 4.19. The third-order valence-electron chi connectivity index (χ3n) is 4.48. The topological polar surface area (TPSA) is 72.6 Å². The first-order chi connectivity index (χ1) is 7.92. The molecule has 2 unspecified atom stereocenters. The average Bonchev–Trinajstić information content (AvgIpc) is 2.73. The average molecular weight is 262 g/mol. The van der Waals surface area contributed by atoms with Crippen LogP contribution in [0.25, 0.3) is 0 Å². The molecule has 0 saturated heterocycles. The third-order valence-corrected chi connectivity index (χ3v) is 5.54. The van der Waals surface area contributed by atoms with Crippen molar-refractivity contribution in [1.82, 2.24) is 4.31 Å². The predicted molar refractivity (Wildman–Crippen MR) is 65.6 cm³/mol. The van der Waals surface area contributed by atoms with E-state index < -0.39 is 10.2 Å². The Bertz CT molecular complexity index is 376. The summed E-state index contributed by atoms with van der Waals surface area (Å²) in [6.45, 7) is 2.68. The van der Waals surface area contributed by atoms with Crippen molar-refractivity contribution in [2.45, 2.75) is 51.2 Å². The molecule has 0 aromatic carbocycles. The van der Waals surface area contributed by atoms with Crippen LogP contribution in [-0.4, -0.2) is 38.5 Å². The van der Waals surface area contributed by atoms with E-state index in [0.29, 0.717) is 6.61 Å². The number of hydrogen-bond acceptors (Lipinski definition) is 3. The van der Waals surface area contributed by atoms with Crippen LogP contribution in [0.3, 0.4) is 0 Å². The molecule has 2 rings (SSSR count). The molecule has 2 N–H and O–H groups in total. The van der Waals surface area contributed by atoms with E-state index in [9.17, 15) is 8.42 Å². The zero-order valence-electron chi connectivity index (χ0n) is 10.6. The lowest BCUT2D eigenvalue weighted by Crippen LogP contribution is -2.64. The van der Waals surface area contributed by atoms with E-state index in [4.69, 9.17) is 9.88 Å². The van der Waals surface area contributed by atoms with Gasteiger partial charge >= 0.3 is 0 Å². The van der Waals surface area contributed by atoms with E-state index in [1.165, 1.54) is 17.1 Å². The molecule has 6 heteroatoms. The first-order valence-electron chi connectivity index (χ1n) is 6.29. The van der Waals surface area contributed by atoms with Crippen molar-refractivity contribution < 1.29 is 13.2 Å². The van der Waals surface area contributed by atoms with Crippen molar-refractivity contribution in [3.05, 3.63) is 0 Å². The van der Waals surface area contributed by atoms with Gasteiger partial charge in [-0.15, -0.1) is 0 Å². The summed E-state index contributed by atoms with van der Waals surface area (Å²) in [5.41, 5.74) is 0.0250. The molecular weight excluding hydrogens is 240 g/mol. The van der Waals surface area contributed by atoms with E-state index >= 15 is 0 Å². The summed E-state index contributed by atoms with van der Waals surface area (Å²) in [5.74, 6) is 0. The van der Waals surface area contributed by atoms with Gasteiger partial charge in [0.2, 0.25) is 0 Å². The SMILES string of the molecule is CCOC1CC(N(C)S(N)(=O)=O)C12CCCC2. The minimum Gasteiger partial charge on any atom is -0.378 e. The van der Waals surface area contributed by atoms with Gasteiger partial charge in [-0.25, -0.2) is 5.14 Å². The van der Waals surface area contributed by atoms with Gasteiger partial charge < -0.3 is 4.74 Å².